The van der Waals surface area contributed by atoms with Gasteiger partial charge >= 0.3 is 5.97 Å². The van der Waals surface area contributed by atoms with E-state index in [0.29, 0.717) is 29.7 Å². The summed E-state index contributed by atoms with van der Waals surface area (Å²) < 4.78 is 25.6. The zero-order valence-electron chi connectivity index (χ0n) is 31.0. The van der Waals surface area contributed by atoms with E-state index in [9.17, 15) is 15.0 Å². The average Bonchev–Trinajstić information content (AvgIpc) is 3.61. The fourth-order valence-electron chi connectivity index (χ4n) is 14.0. The number of hydrogen-bond acceptors (Lipinski definition) is 8. The predicted octanol–water partition coefficient (Wildman–Crippen LogP) is 5.95. The molecular formula is C39H65NO7. The van der Waals surface area contributed by atoms with Crippen molar-refractivity contribution >= 4 is 5.97 Å². The lowest BCUT2D eigenvalue weighted by molar-refractivity contribution is -0.250. The van der Waals surface area contributed by atoms with Crippen molar-refractivity contribution in [2.75, 3.05) is 19.7 Å². The van der Waals surface area contributed by atoms with Crippen LogP contribution >= 0.6 is 0 Å². The van der Waals surface area contributed by atoms with E-state index < -0.39 is 29.9 Å². The Bertz CT molecular complexity index is 1230. The molecule has 8 heteroatoms. The van der Waals surface area contributed by atoms with Crippen molar-refractivity contribution in [3.8, 4) is 0 Å². The Balaban J connectivity index is 1.13. The van der Waals surface area contributed by atoms with Gasteiger partial charge < -0.3 is 29.2 Å². The Morgan fingerprint density at radius 3 is 2.36 bits per heavy atom. The molecule has 0 aromatic carbocycles. The summed E-state index contributed by atoms with van der Waals surface area (Å²) in [5, 5.41) is 23.6. The van der Waals surface area contributed by atoms with E-state index in [-0.39, 0.29) is 52.0 Å². The summed E-state index contributed by atoms with van der Waals surface area (Å²) in [6.07, 6.45) is 6.85. The maximum Gasteiger partial charge on any atom is 0.303 e. The van der Waals surface area contributed by atoms with E-state index in [1.165, 1.54) is 32.6 Å². The number of morpholine rings is 1. The molecule has 10 unspecified atom stereocenters. The minimum Gasteiger partial charge on any atom is -0.457 e. The maximum atomic E-state index is 12.6. The van der Waals surface area contributed by atoms with Gasteiger partial charge in [-0.05, 0) is 124 Å². The Kier molecular flexibility index (Phi) is 8.20. The van der Waals surface area contributed by atoms with Crippen molar-refractivity contribution in [3.63, 3.8) is 0 Å². The zero-order valence-corrected chi connectivity index (χ0v) is 31.0. The van der Waals surface area contributed by atoms with Crippen LogP contribution in [0, 0.1) is 50.7 Å². The van der Waals surface area contributed by atoms with Crippen molar-refractivity contribution in [3.05, 3.63) is 0 Å². The van der Waals surface area contributed by atoms with Gasteiger partial charge in [-0.15, -0.1) is 0 Å². The van der Waals surface area contributed by atoms with Crippen molar-refractivity contribution in [1.29, 1.82) is 0 Å². The lowest BCUT2D eigenvalue weighted by Gasteiger charge is -2.64. The Morgan fingerprint density at radius 1 is 1.02 bits per heavy atom. The van der Waals surface area contributed by atoms with Gasteiger partial charge in [-0.25, -0.2) is 0 Å². The second kappa shape index (κ2) is 11.1. The van der Waals surface area contributed by atoms with Gasteiger partial charge in [-0.1, -0.05) is 34.6 Å². The number of hydrogen-bond donors (Lipinski definition) is 2. The molecule has 0 bridgehead atoms. The highest BCUT2D eigenvalue weighted by Crippen LogP contribution is 2.89. The van der Waals surface area contributed by atoms with Crippen LogP contribution < -0.4 is 0 Å². The molecule has 8 nitrogen and oxygen atoms in total. The highest BCUT2D eigenvalue weighted by molar-refractivity contribution is 5.66. The highest BCUT2D eigenvalue weighted by atomic mass is 16.7. The summed E-state index contributed by atoms with van der Waals surface area (Å²) in [5.74, 6) is 1.15. The van der Waals surface area contributed by atoms with Gasteiger partial charge in [0.25, 0.3) is 0 Å². The molecule has 14 atom stereocenters. The molecule has 47 heavy (non-hydrogen) atoms. The molecule has 0 amide bonds. The third-order valence-electron chi connectivity index (χ3n) is 16.2. The normalized spacial score (nSPS) is 51.2. The molecule has 2 saturated heterocycles. The number of aliphatic hydroxyl groups excluding tert-OH is 1. The fourth-order valence-corrected chi connectivity index (χ4v) is 14.0. The van der Waals surface area contributed by atoms with Crippen molar-refractivity contribution in [2.45, 2.75) is 169 Å². The minimum atomic E-state index is -1.25. The minimum absolute atomic E-state index is 0.0455. The molecule has 0 aromatic rings. The highest BCUT2D eigenvalue weighted by Gasteiger charge is 2.84. The van der Waals surface area contributed by atoms with Gasteiger partial charge in [0, 0.05) is 31.5 Å². The molecule has 7 rings (SSSR count). The quantitative estimate of drug-likeness (QED) is 0.338. The molecule has 268 valence electrons. The first-order valence-electron chi connectivity index (χ1n) is 19.1. The molecular weight excluding hydrogens is 594 g/mol. The van der Waals surface area contributed by atoms with E-state index in [1.807, 2.05) is 0 Å². The smallest absolute Gasteiger partial charge is 0.303 e. The molecule has 0 aromatic heterocycles. The third-order valence-corrected chi connectivity index (χ3v) is 16.2. The molecule has 2 aliphatic heterocycles. The molecule has 2 heterocycles. The largest absolute Gasteiger partial charge is 0.457 e. The van der Waals surface area contributed by atoms with Gasteiger partial charge in [-0.3, -0.25) is 9.69 Å². The Hall–Kier alpha value is -0.770. The number of carbonyl (C=O) groups is 1. The number of carbonyl (C=O) groups excluding carboxylic acids is 1. The van der Waals surface area contributed by atoms with Crippen LogP contribution in [0.4, 0.5) is 0 Å². The molecule has 0 radical (unpaired) electrons. The van der Waals surface area contributed by atoms with Crippen LogP contribution in [0.2, 0.25) is 0 Å². The van der Waals surface area contributed by atoms with Crippen LogP contribution in [0.25, 0.3) is 0 Å². The van der Waals surface area contributed by atoms with Crippen LogP contribution in [0.5, 0.6) is 0 Å². The van der Waals surface area contributed by atoms with Gasteiger partial charge in [0.2, 0.25) is 0 Å². The molecule has 2 N–H and O–H groups in total. The first-order valence-corrected chi connectivity index (χ1v) is 19.1. The molecule has 7 aliphatic rings. The lowest BCUT2D eigenvalue weighted by atomic mass is 9.41. The summed E-state index contributed by atoms with van der Waals surface area (Å²) >= 11 is 0. The molecule has 5 aliphatic carbocycles. The van der Waals surface area contributed by atoms with Crippen LogP contribution in [0.15, 0.2) is 0 Å². The number of fused-ring (bicyclic) bond motifs is 4. The number of rotatable bonds is 6. The fraction of sp³-hybridized carbons (Fsp3) is 0.974. The Morgan fingerprint density at radius 2 is 1.70 bits per heavy atom. The second-order valence-corrected chi connectivity index (χ2v) is 19.3. The molecule has 2 spiro atoms. The lowest BCUT2D eigenvalue weighted by Crippen LogP contribution is -2.60. The number of ether oxygens (including phenoxy) is 4. The van der Waals surface area contributed by atoms with Gasteiger partial charge in [0.1, 0.15) is 0 Å². The number of aliphatic hydroxyl groups is 2. The van der Waals surface area contributed by atoms with Crippen molar-refractivity contribution in [2.24, 2.45) is 50.7 Å². The number of nitrogens with zero attached hydrogens (tertiary/aromatic N) is 1. The van der Waals surface area contributed by atoms with E-state index in [0.717, 1.165) is 39.0 Å². The summed E-state index contributed by atoms with van der Waals surface area (Å²) in [6, 6.07) is 0.499. The zero-order chi connectivity index (χ0) is 34.1. The van der Waals surface area contributed by atoms with Crippen LogP contribution in [-0.4, -0.2) is 89.2 Å². The summed E-state index contributed by atoms with van der Waals surface area (Å²) in [5.41, 5.74) is -0.902. The maximum absolute atomic E-state index is 12.6. The van der Waals surface area contributed by atoms with Gasteiger partial charge in [0.05, 0.1) is 36.6 Å². The standard InChI is InChI=1S/C39H65NO7/c1-22(2)40-17-18-44-29(20-40)47-28-13-14-38-21-39(38)16-15-36(9)30-23(3)19-25(33(35(7,8)43)45-24(4)41)46-31(30)32(42)37(36,10)27(39)12-11-26(38)34(28,5)6/h22-23,25-33,42-43H,11-21H2,1-10H3/t23-,25?,26+,27?,28?,29?,30?,31?,32+,33?,36?,37-,38?,39?/m1/s1. The monoisotopic (exact) mass is 659 g/mol. The summed E-state index contributed by atoms with van der Waals surface area (Å²) in [6.45, 7) is 24.0. The van der Waals surface area contributed by atoms with Gasteiger partial charge in [0.15, 0.2) is 12.4 Å². The van der Waals surface area contributed by atoms with Crippen LogP contribution in [0.1, 0.15) is 121 Å². The van der Waals surface area contributed by atoms with Crippen molar-refractivity contribution in [1.82, 2.24) is 4.90 Å². The van der Waals surface area contributed by atoms with E-state index in [2.05, 4.69) is 53.4 Å². The third kappa shape index (κ3) is 4.76. The topological polar surface area (TPSA) is 97.7 Å². The predicted molar refractivity (Wildman–Crippen MR) is 179 cm³/mol. The summed E-state index contributed by atoms with van der Waals surface area (Å²) in [7, 11) is 0. The van der Waals surface area contributed by atoms with Crippen LogP contribution in [-0.2, 0) is 23.7 Å². The molecule has 7 fully saturated rings. The van der Waals surface area contributed by atoms with E-state index >= 15 is 0 Å². The summed E-state index contributed by atoms with van der Waals surface area (Å²) in [4.78, 5) is 14.6. The van der Waals surface area contributed by atoms with Gasteiger partial charge in [-0.2, -0.15) is 0 Å². The first kappa shape index (κ1) is 34.7. The average molecular weight is 660 g/mol. The van der Waals surface area contributed by atoms with Crippen molar-refractivity contribution < 1.29 is 34.0 Å². The van der Waals surface area contributed by atoms with E-state index in [4.69, 9.17) is 18.9 Å². The molecule has 5 saturated carbocycles. The van der Waals surface area contributed by atoms with E-state index in [1.54, 1.807) is 13.8 Å². The van der Waals surface area contributed by atoms with Crippen LogP contribution in [0.3, 0.4) is 0 Å². The number of esters is 1. The Labute approximate surface area is 284 Å². The second-order valence-electron chi connectivity index (χ2n) is 19.3. The SMILES string of the molecule is CC(=O)OC(C1C[C@@H](C)C2C(O1)[C@H](O)[C@@]1(C)C3CC[C@H]4C(C)(C)C(OC5CN(C(C)C)CCO5)CCC45CC35CCC21C)C(C)(C)O. The first-order chi connectivity index (χ1) is 21.8.